The molecule has 1 heterocycles. The summed E-state index contributed by atoms with van der Waals surface area (Å²) in [7, 11) is 1.62. The predicted octanol–water partition coefficient (Wildman–Crippen LogP) is 3.10. The molecule has 0 radical (unpaired) electrons. The van der Waals surface area contributed by atoms with E-state index in [-0.39, 0.29) is 11.9 Å². The van der Waals surface area contributed by atoms with Crippen LogP contribution in [0.3, 0.4) is 0 Å². The molecule has 2 fully saturated rings. The smallest absolute Gasteiger partial charge is 0.251 e. The zero-order chi connectivity index (χ0) is 18.4. The zero-order valence-corrected chi connectivity index (χ0v) is 16.3. The van der Waals surface area contributed by atoms with Crippen LogP contribution >= 0.6 is 12.2 Å². The van der Waals surface area contributed by atoms with E-state index in [0.717, 1.165) is 36.8 Å². The lowest BCUT2D eigenvalue weighted by Gasteiger charge is -2.36. The van der Waals surface area contributed by atoms with Gasteiger partial charge in [-0.05, 0) is 62.2 Å². The third-order valence-electron chi connectivity index (χ3n) is 5.40. The molecule has 5 nitrogen and oxygen atoms in total. The SMILES string of the molecule is COc1ccc(C(=O)NC2CCN(C(=S)NC3CCCCC3)CC2)cc1. The molecule has 2 N–H and O–H groups in total. The first kappa shape index (κ1) is 19.0. The summed E-state index contributed by atoms with van der Waals surface area (Å²) in [5, 5.41) is 7.57. The van der Waals surface area contributed by atoms with Crippen molar-refractivity contribution in [2.75, 3.05) is 20.2 Å². The van der Waals surface area contributed by atoms with Crippen molar-refractivity contribution in [3.63, 3.8) is 0 Å². The predicted molar refractivity (Wildman–Crippen MR) is 108 cm³/mol. The summed E-state index contributed by atoms with van der Waals surface area (Å²) >= 11 is 5.60. The normalized spacial score (nSPS) is 19.0. The maximum Gasteiger partial charge on any atom is 0.251 e. The molecule has 1 aliphatic carbocycles. The third-order valence-corrected chi connectivity index (χ3v) is 5.78. The number of methoxy groups -OCH3 is 1. The van der Waals surface area contributed by atoms with Gasteiger partial charge in [-0.15, -0.1) is 0 Å². The summed E-state index contributed by atoms with van der Waals surface area (Å²) in [6.07, 6.45) is 8.27. The van der Waals surface area contributed by atoms with Crippen molar-refractivity contribution >= 4 is 23.2 Å². The van der Waals surface area contributed by atoms with Crippen LogP contribution in [0.15, 0.2) is 24.3 Å². The molecular formula is C20H29N3O2S. The Morgan fingerprint density at radius 2 is 1.62 bits per heavy atom. The highest BCUT2D eigenvalue weighted by Crippen LogP contribution is 2.19. The van der Waals surface area contributed by atoms with Gasteiger partial charge in [0.05, 0.1) is 7.11 Å². The number of nitrogens with one attached hydrogen (secondary N) is 2. The Kier molecular flexibility index (Phi) is 6.72. The van der Waals surface area contributed by atoms with Crippen LogP contribution in [-0.2, 0) is 0 Å². The Morgan fingerprint density at radius 1 is 1.00 bits per heavy atom. The lowest BCUT2D eigenvalue weighted by molar-refractivity contribution is 0.0922. The van der Waals surface area contributed by atoms with E-state index < -0.39 is 0 Å². The van der Waals surface area contributed by atoms with Crippen LogP contribution in [0, 0.1) is 0 Å². The number of carbonyl (C=O) groups excluding carboxylic acids is 1. The fraction of sp³-hybridized carbons (Fsp3) is 0.600. The second-order valence-corrected chi connectivity index (χ2v) is 7.63. The standard InChI is InChI=1S/C20H29N3O2S/c1-25-18-9-7-15(8-10-18)19(24)21-17-11-13-23(14-12-17)20(26)22-16-5-3-2-4-6-16/h7-10,16-17H,2-6,11-14H2,1H3,(H,21,24)(H,22,26). The van der Waals surface area contributed by atoms with E-state index in [9.17, 15) is 4.79 Å². The molecule has 1 aliphatic heterocycles. The van der Waals surface area contributed by atoms with Gasteiger partial charge in [-0.3, -0.25) is 4.79 Å². The highest BCUT2D eigenvalue weighted by atomic mass is 32.1. The lowest BCUT2D eigenvalue weighted by Crippen LogP contribution is -2.51. The second-order valence-electron chi connectivity index (χ2n) is 7.25. The molecule has 0 bridgehead atoms. The average molecular weight is 376 g/mol. The van der Waals surface area contributed by atoms with E-state index in [4.69, 9.17) is 17.0 Å². The Hall–Kier alpha value is -1.82. The number of amides is 1. The molecule has 1 aromatic carbocycles. The van der Waals surface area contributed by atoms with E-state index in [1.165, 1.54) is 32.1 Å². The van der Waals surface area contributed by atoms with Gasteiger partial charge >= 0.3 is 0 Å². The van der Waals surface area contributed by atoms with Crippen LogP contribution in [0.2, 0.25) is 0 Å². The summed E-state index contributed by atoms with van der Waals surface area (Å²) in [5.74, 6) is 0.739. The molecule has 0 aromatic heterocycles. The van der Waals surface area contributed by atoms with Gasteiger partial charge in [-0.25, -0.2) is 0 Å². The minimum Gasteiger partial charge on any atom is -0.497 e. The molecule has 2 aliphatic rings. The first-order valence-electron chi connectivity index (χ1n) is 9.66. The number of carbonyl (C=O) groups is 1. The highest BCUT2D eigenvalue weighted by molar-refractivity contribution is 7.80. The Balaban J connectivity index is 1.42. The maximum absolute atomic E-state index is 12.4. The molecule has 3 rings (SSSR count). The Labute approximate surface area is 161 Å². The Morgan fingerprint density at radius 3 is 2.23 bits per heavy atom. The van der Waals surface area contributed by atoms with Crippen LogP contribution in [-0.4, -0.2) is 48.2 Å². The van der Waals surface area contributed by atoms with Crippen LogP contribution in [0.25, 0.3) is 0 Å². The number of benzene rings is 1. The summed E-state index contributed by atoms with van der Waals surface area (Å²) < 4.78 is 5.13. The molecule has 26 heavy (non-hydrogen) atoms. The van der Waals surface area contributed by atoms with Crippen LogP contribution in [0.4, 0.5) is 0 Å². The van der Waals surface area contributed by atoms with E-state index in [2.05, 4.69) is 15.5 Å². The van der Waals surface area contributed by atoms with Gasteiger partial charge in [-0.1, -0.05) is 19.3 Å². The second kappa shape index (κ2) is 9.21. The van der Waals surface area contributed by atoms with Crippen molar-refractivity contribution in [1.29, 1.82) is 0 Å². The Bertz CT molecular complexity index is 606. The number of likely N-dealkylation sites (tertiary alicyclic amines) is 1. The number of hydrogen-bond donors (Lipinski definition) is 2. The number of rotatable bonds is 4. The molecule has 1 saturated heterocycles. The van der Waals surface area contributed by atoms with Crippen LogP contribution in [0.1, 0.15) is 55.3 Å². The van der Waals surface area contributed by atoms with Crippen molar-refractivity contribution in [1.82, 2.24) is 15.5 Å². The first-order valence-corrected chi connectivity index (χ1v) is 10.1. The number of ether oxygens (including phenoxy) is 1. The minimum absolute atomic E-state index is 0.0194. The first-order chi connectivity index (χ1) is 12.7. The van der Waals surface area contributed by atoms with Crippen molar-refractivity contribution in [2.24, 2.45) is 0 Å². The zero-order valence-electron chi connectivity index (χ0n) is 15.5. The summed E-state index contributed by atoms with van der Waals surface area (Å²) in [4.78, 5) is 14.6. The molecule has 0 spiro atoms. The molecule has 1 aromatic rings. The van der Waals surface area contributed by atoms with Gasteiger partial charge in [0.2, 0.25) is 0 Å². The van der Waals surface area contributed by atoms with Crippen LogP contribution < -0.4 is 15.4 Å². The number of hydrogen-bond acceptors (Lipinski definition) is 3. The number of nitrogens with zero attached hydrogens (tertiary/aromatic N) is 1. The lowest BCUT2D eigenvalue weighted by atomic mass is 9.96. The quantitative estimate of drug-likeness (QED) is 0.792. The van der Waals surface area contributed by atoms with Gasteiger partial charge in [0, 0.05) is 30.7 Å². The van der Waals surface area contributed by atoms with Crippen molar-refractivity contribution in [2.45, 2.75) is 57.0 Å². The fourth-order valence-electron chi connectivity index (χ4n) is 3.75. The molecule has 6 heteroatoms. The molecule has 142 valence electrons. The van der Waals surface area contributed by atoms with Crippen LogP contribution in [0.5, 0.6) is 5.75 Å². The highest BCUT2D eigenvalue weighted by Gasteiger charge is 2.24. The maximum atomic E-state index is 12.4. The molecule has 1 amide bonds. The molecule has 0 atom stereocenters. The van der Waals surface area contributed by atoms with Crippen molar-refractivity contribution < 1.29 is 9.53 Å². The monoisotopic (exact) mass is 375 g/mol. The van der Waals surface area contributed by atoms with Gasteiger partial charge in [0.25, 0.3) is 5.91 Å². The fourth-order valence-corrected chi connectivity index (χ4v) is 4.10. The van der Waals surface area contributed by atoms with E-state index in [1.54, 1.807) is 19.2 Å². The van der Waals surface area contributed by atoms with E-state index in [0.29, 0.717) is 11.6 Å². The van der Waals surface area contributed by atoms with E-state index >= 15 is 0 Å². The number of thiocarbonyl (C=S) groups is 1. The molecule has 1 saturated carbocycles. The van der Waals surface area contributed by atoms with Crippen molar-refractivity contribution in [3.8, 4) is 5.75 Å². The van der Waals surface area contributed by atoms with Gasteiger partial charge in [0.1, 0.15) is 5.75 Å². The third kappa shape index (κ3) is 5.10. The summed E-state index contributed by atoms with van der Waals surface area (Å²) in [5.41, 5.74) is 0.669. The molecule has 0 unspecified atom stereocenters. The largest absolute Gasteiger partial charge is 0.497 e. The van der Waals surface area contributed by atoms with Crippen molar-refractivity contribution in [3.05, 3.63) is 29.8 Å². The topological polar surface area (TPSA) is 53.6 Å². The van der Waals surface area contributed by atoms with Gasteiger partial charge in [-0.2, -0.15) is 0 Å². The molecular weight excluding hydrogens is 346 g/mol. The average Bonchev–Trinajstić information content (AvgIpc) is 2.69. The van der Waals surface area contributed by atoms with E-state index in [1.807, 2.05) is 12.1 Å². The van der Waals surface area contributed by atoms with Gasteiger partial charge < -0.3 is 20.3 Å². The van der Waals surface area contributed by atoms with Gasteiger partial charge in [0.15, 0.2) is 5.11 Å². The summed E-state index contributed by atoms with van der Waals surface area (Å²) in [6.45, 7) is 1.79. The minimum atomic E-state index is -0.0194. The summed E-state index contributed by atoms with van der Waals surface area (Å²) in [6, 6.07) is 7.97. The number of piperidine rings is 1.